The predicted molar refractivity (Wildman–Crippen MR) is 71.0 cm³/mol. The highest BCUT2D eigenvalue weighted by Gasteiger charge is 2.26. The van der Waals surface area contributed by atoms with Crippen molar-refractivity contribution in [3.05, 3.63) is 35.9 Å². The largest absolute Gasteiger partial charge is 0.326 e. The normalized spacial score (nSPS) is 24.2. The molecule has 3 nitrogen and oxygen atoms in total. The van der Waals surface area contributed by atoms with Crippen LogP contribution in [-0.4, -0.2) is 18.3 Å². The summed E-state index contributed by atoms with van der Waals surface area (Å²) in [7, 11) is 0. The zero-order valence-electron chi connectivity index (χ0n) is 8.59. The van der Waals surface area contributed by atoms with Crippen molar-refractivity contribution in [2.24, 2.45) is 0 Å². The van der Waals surface area contributed by atoms with Crippen molar-refractivity contribution in [1.29, 1.82) is 0 Å². The molecular weight excluding hydrogens is 261 g/mol. The average molecular weight is 273 g/mol. The molecule has 1 amide bonds. The van der Waals surface area contributed by atoms with E-state index in [2.05, 4.69) is 5.09 Å². The van der Waals surface area contributed by atoms with E-state index < -0.39 is 5.62 Å². The summed E-state index contributed by atoms with van der Waals surface area (Å²) >= 11 is 6.83. The first-order valence-electron chi connectivity index (χ1n) is 4.92. The second-order valence-corrected chi connectivity index (χ2v) is 10.1. The van der Waals surface area contributed by atoms with E-state index in [1.165, 1.54) is 0 Å². The molecule has 86 valence electrons. The lowest BCUT2D eigenvalue weighted by Crippen LogP contribution is -2.20. The summed E-state index contributed by atoms with van der Waals surface area (Å²) in [4.78, 5) is 11.7. The summed E-state index contributed by atoms with van der Waals surface area (Å²) in [5.41, 5.74) is -1.12. The molecule has 1 aromatic carbocycles. The van der Waals surface area contributed by atoms with Crippen LogP contribution in [0.15, 0.2) is 30.3 Å². The SMILES string of the molecule is O=C(Cc1ccccc1)NP1(=S)OCCS1. The summed E-state index contributed by atoms with van der Waals surface area (Å²) in [6, 6.07) is 9.62. The lowest BCUT2D eigenvalue weighted by Gasteiger charge is -2.14. The minimum Gasteiger partial charge on any atom is -0.326 e. The van der Waals surface area contributed by atoms with Crippen molar-refractivity contribution in [3.63, 3.8) is 0 Å². The fourth-order valence-electron chi connectivity index (χ4n) is 1.39. The Morgan fingerprint density at radius 1 is 1.50 bits per heavy atom. The maximum absolute atomic E-state index is 11.7. The van der Waals surface area contributed by atoms with Gasteiger partial charge in [0.05, 0.1) is 13.0 Å². The van der Waals surface area contributed by atoms with Gasteiger partial charge in [0, 0.05) is 5.75 Å². The zero-order valence-corrected chi connectivity index (χ0v) is 11.1. The van der Waals surface area contributed by atoms with Crippen LogP contribution in [0.4, 0.5) is 0 Å². The van der Waals surface area contributed by atoms with Crippen LogP contribution in [0.1, 0.15) is 5.56 Å². The van der Waals surface area contributed by atoms with E-state index in [0.717, 1.165) is 11.3 Å². The van der Waals surface area contributed by atoms with Gasteiger partial charge in [0.2, 0.25) is 11.5 Å². The number of hydrogen-bond donors (Lipinski definition) is 1. The summed E-state index contributed by atoms with van der Waals surface area (Å²) < 4.78 is 5.41. The monoisotopic (exact) mass is 273 g/mol. The molecule has 2 rings (SSSR count). The summed E-state index contributed by atoms with van der Waals surface area (Å²) in [5, 5.41) is 2.83. The van der Waals surface area contributed by atoms with Gasteiger partial charge in [-0.3, -0.25) is 9.88 Å². The average Bonchev–Trinajstić information content (AvgIpc) is 2.66. The van der Waals surface area contributed by atoms with E-state index in [0.29, 0.717) is 13.0 Å². The second kappa shape index (κ2) is 5.32. The van der Waals surface area contributed by atoms with E-state index >= 15 is 0 Å². The Hall–Kier alpha value is -0.350. The predicted octanol–water partition coefficient (Wildman–Crippen LogP) is 2.33. The molecule has 1 N–H and O–H groups in total. The molecule has 1 unspecified atom stereocenters. The van der Waals surface area contributed by atoms with Crippen LogP contribution in [0, 0.1) is 0 Å². The minimum atomic E-state index is -2.11. The molecule has 0 bridgehead atoms. The summed E-state index contributed by atoms with van der Waals surface area (Å²) in [5.74, 6) is 0.826. The van der Waals surface area contributed by atoms with E-state index in [-0.39, 0.29) is 5.91 Å². The molecule has 1 aromatic rings. The number of carbonyl (C=O) groups excluding carboxylic acids is 1. The molecule has 0 saturated carbocycles. The molecule has 1 aliphatic rings. The quantitative estimate of drug-likeness (QED) is 0.858. The van der Waals surface area contributed by atoms with Crippen molar-refractivity contribution < 1.29 is 9.32 Å². The van der Waals surface area contributed by atoms with Gasteiger partial charge in [-0.1, -0.05) is 41.7 Å². The maximum Gasteiger partial charge on any atom is 0.230 e. The molecule has 1 atom stereocenters. The Balaban J connectivity index is 1.92. The number of amides is 1. The van der Waals surface area contributed by atoms with Gasteiger partial charge in [-0.25, -0.2) is 0 Å². The maximum atomic E-state index is 11.7. The second-order valence-electron chi connectivity index (χ2n) is 3.36. The highest BCUT2D eigenvalue weighted by atomic mass is 32.9. The fourth-order valence-corrected chi connectivity index (χ4v) is 5.92. The Morgan fingerprint density at radius 3 is 2.88 bits per heavy atom. The van der Waals surface area contributed by atoms with Crippen LogP contribution in [0.5, 0.6) is 0 Å². The van der Waals surface area contributed by atoms with Crippen LogP contribution >= 0.6 is 17.0 Å². The number of carbonyl (C=O) groups is 1. The molecule has 0 aliphatic carbocycles. The number of hydrogen-bond acceptors (Lipinski definition) is 4. The Bertz CT molecular complexity index is 414. The minimum absolute atomic E-state index is 0.0519. The van der Waals surface area contributed by atoms with Gasteiger partial charge < -0.3 is 4.52 Å². The first kappa shape index (κ1) is 12.1. The Labute approximate surface area is 104 Å². The molecule has 1 fully saturated rings. The van der Waals surface area contributed by atoms with Gasteiger partial charge in [-0.2, -0.15) is 0 Å². The standard InChI is InChI=1S/C10H12NO2PS2/c12-10(8-9-4-2-1-3-5-9)11-14(15)13-6-7-16-14/h1-5H,6-8H2,(H,11,12,15). The number of nitrogens with one attached hydrogen (secondary N) is 1. The zero-order chi connectivity index (χ0) is 11.4. The topological polar surface area (TPSA) is 38.3 Å². The smallest absolute Gasteiger partial charge is 0.230 e. The summed E-state index contributed by atoms with van der Waals surface area (Å²) in [6.45, 7) is 0.646. The van der Waals surface area contributed by atoms with Gasteiger partial charge in [0.1, 0.15) is 0 Å². The highest BCUT2D eigenvalue weighted by Crippen LogP contribution is 2.60. The lowest BCUT2D eigenvalue weighted by atomic mass is 10.1. The molecular formula is C10H12NO2PS2. The molecule has 0 radical (unpaired) electrons. The van der Waals surface area contributed by atoms with Gasteiger partial charge in [0.15, 0.2) is 0 Å². The van der Waals surface area contributed by atoms with Crippen LogP contribution in [0.3, 0.4) is 0 Å². The van der Waals surface area contributed by atoms with E-state index in [4.69, 9.17) is 16.3 Å². The van der Waals surface area contributed by atoms with Gasteiger partial charge in [-0.15, -0.1) is 0 Å². The molecule has 0 aromatic heterocycles. The molecule has 0 spiro atoms. The van der Waals surface area contributed by atoms with Crippen molar-refractivity contribution in [2.45, 2.75) is 6.42 Å². The van der Waals surface area contributed by atoms with Crippen molar-refractivity contribution in [2.75, 3.05) is 12.4 Å². The highest BCUT2D eigenvalue weighted by molar-refractivity contribution is 8.69. The fraction of sp³-hybridized carbons (Fsp3) is 0.300. The van der Waals surface area contributed by atoms with Crippen LogP contribution in [0.2, 0.25) is 0 Å². The first-order valence-corrected chi connectivity index (χ1v) is 9.23. The van der Waals surface area contributed by atoms with Crippen LogP contribution in [0.25, 0.3) is 0 Å². The molecule has 1 saturated heterocycles. The molecule has 1 heterocycles. The summed E-state index contributed by atoms with van der Waals surface area (Å²) in [6.07, 6.45) is 0.364. The van der Waals surface area contributed by atoms with Gasteiger partial charge >= 0.3 is 0 Å². The Kier molecular flexibility index (Phi) is 4.03. The molecule has 16 heavy (non-hydrogen) atoms. The van der Waals surface area contributed by atoms with E-state index in [9.17, 15) is 4.79 Å². The lowest BCUT2D eigenvalue weighted by molar-refractivity contribution is -0.118. The molecule has 6 heteroatoms. The van der Waals surface area contributed by atoms with Crippen molar-refractivity contribution in [3.8, 4) is 0 Å². The van der Waals surface area contributed by atoms with E-state index in [1.807, 2.05) is 30.3 Å². The van der Waals surface area contributed by atoms with Gasteiger partial charge in [0.25, 0.3) is 0 Å². The van der Waals surface area contributed by atoms with Crippen LogP contribution in [-0.2, 0) is 27.5 Å². The third-order valence-corrected chi connectivity index (χ3v) is 7.51. The van der Waals surface area contributed by atoms with Crippen molar-refractivity contribution >= 4 is 34.7 Å². The first-order chi connectivity index (χ1) is 7.68. The number of rotatable bonds is 3. The number of benzene rings is 1. The van der Waals surface area contributed by atoms with Crippen LogP contribution < -0.4 is 5.09 Å². The van der Waals surface area contributed by atoms with Crippen molar-refractivity contribution in [1.82, 2.24) is 5.09 Å². The third kappa shape index (κ3) is 3.32. The Morgan fingerprint density at radius 2 is 2.25 bits per heavy atom. The third-order valence-electron chi connectivity index (χ3n) is 2.07. The van der Waals surface area contributed by atoms with E-state index in [1.54, 1.807) is 11.4 Å². The molecule has 1 aliphatic heterocycles. The van der Waals surface area contributed by atoms with Gasteiger partial charge in [-0.05, 0) is 17.4 Å².